The third-order valence-corrected chi connectivity index (χ3v) is 5.75. The third-order valence-electron chi connectivity index (χ3n) is 5.75. The predicted molar refractivity (Wildman–Crippen MR) is 115 cm³/mol. The first kappa shape index (κ1) is 23.8. The van der Waals surface area contributed by atoms with Gasteiger partial charge in [-0.25, -0.2) is 9.59 Å². The zero-order valence-corrected chi connectivity index (χ0v) is 18.5. The van der Waals surface area contributed by atoms with Gasteiger partial charge in [0.25, 0.3) is 0 Å². The van der Waals surface area contributed by atoms with Crippen molar-refractivity contribution < 1.29 is 24.6 Å². The normalized spacial score (nSPS) is 21.2. The molecule has 1 fully saturated rings. The molecule has 3 rings (SSSR count). The van der Waals surface area contributed by atoms with Crippen molar-refractivity contribution in [1.82, 2.24) is 9.80 Å². The van der Waals surface area contributed by atoms with Gasteiger partial charge in [0.15, 0.2) is 0 Å². The molecule has 0 radical (unpaired) electrons. The Bertz CT molecular complexity index is 788. The van der Waals surface area contributed by atoms with Gasteiger partial charge in [0.1, 0.15) is 0 Å². The second kappa shape index (κ2) is 9.57. The number of piperazine rings is 1. The van der Waals surface area contributed by atoms with Gasteiger partial charge in [-0.05, 0) is 51.8 Å². The van der Waals surface area contributed by atoms with E-state index in [-0.39, 0.29) is 11.4 Å². The Morgan fingerprint density at radius 2 is 1.63 bits per heavy atom. The molecule has 166 valence electrons. The molecule has 0 saturated carbocycles. The molecule has 0 bridgehead atoms. The number of fused-ring (bicyclic) bond motifs is 1. The monoisotopic (exact) mass is 419 g/mol. The number of hydrogen-bond acceptors (Lipinski definition) is 5. The Morgan fingerprint density at radius 1 is 1.07 bits per heavy atom. The van der Waals surface area contributed by atoms with Crippen molar-refractivity contribution in [2.45, 2.75) is 45.6 Å². The SMILES string of the molecule is Cc1ccc2c(c1)C(C)CC(C)(C)N2C(=O)CN1CCN(C)CC1.O=C(O)C(=O)O. The number of carboxylic acid groups (broad SMARTS) is 2. The van der Waals surface area contributed by atoms with Gasteiger partial charge >= 0.3 is 11.9 Å². The summed E-state index contributed by atoms with van der Waals surface area (Å²) >= 11 is 0. The van der Waals surface area contributed by atoms with E-state index < -0.39 is 11.9 Å². The lowest BCUT2D eigenvalue weighted by atomic mass is 9.79. The predicted octanol–water partition coefficient (Wildman–Crippen LogP) is 2.02. The van der Waals surface area contributed by atoms with Crippen LogP contribution in [-0.2, 0) is 14.4 Å². The highest BCUT2D eigenvalue weighted by atomic mass is 16.4. The van der Waals surface area contributed by atoms with Crippen LogP contribution < -0.4 is 4.90 Å². The maximum atomic E-state index is 13.2. The molecule has 8 nitrogen and oxygen atoms in total. The van der Waals surface area contributed by atoms with Crippen LogP contribution in [-0.4, -0.2) is 83.2 Å². The van der Waals surface area contributed by atoms with Crippen LogP contribution in [0.4, 0.5) is 5.69 Å². The van der Waals surface area contributed by atoms with E-state index in [9.17, 15) is 4.79 Å². The van der Waals surface area contributed by atoms with E-state index in [0.717, 1.165) is 38.3 Å². The summed E-state index contributed by atoms with van der Waals surface area (Å²) < 4.78 is 0. The van der Waals surface area contributed by atoms with Gasteiger partial charge in [-0.2, -0.15) is 0 Å². The summed E-state index contributed by atoms with van der Waals surface area (Å²) in [6.45, 7) is 13.4. The van der Waals surface area contributed by atoms with Crippen LogP contribution in [0, 0.1) is 6.92 Å². The van der Waals surface area contributed by atoms with E-state index in [1.807, 2.05) is 0 Å². The third kappa shape index (κ3) is 5.79. The highest BCUT2D eigenvalue weighted by Crippen LogP contribution is 2.43. The molecule has 8 heteroatoms. The highest BCUT2D eigenvalue weighted by molar-refractivity contribution is 6.27. The first-order valence-corrected chi connectivity index (χ1v) is 10.2. The second-order valence-corrected chi connectivity index (χ2v) is 8.90. The molecular weight excluding hydrogens is 386 g/mol. The average molecular weight is 420 g/mol. The van der Waals surface area contributed by atoms with E-state index in [4.69, 9.17) is 19.8 Å². The van der Waals surface area contributed by atoms with Crippen LogP contribution in [0.5, 0.6) is 0 Å². The fourth-order valence-corrected chi connectivity index (χ4v) is 4.29. The first-order valence-electron chi connectivity index (χ1n) is 10.2. The Labute approximate surface area is 178 Å². The Balaban J connectivity index is 0.000000469. The molecule has 0 spiro atoms. The van der Waals surface area contributed by atoms with Gasteiger partial charge in [0.2, 0.25) is 5.91 Å². The van der Waals surface area contributed by atoms with Crippen LogP contribution in [0.2, 0.25) is 0 Å². The topological polar surface area (TPSA) is 101 Å². The number of amides is 1. The zero-order valence-electron chi connectivity index (χ0n) is 18.5. The van der Waals surface area contributed by atoms with Crippen LogP contribution in [0.25, 0.3) is 0 Å². The number of nitrogens with zero attached hydrogens (tertiary/aromatic N) is 3. The number of carbonyl (C=O) groups excluding carboxylic acids is 1. The van der Waals surface area contributed by atoms with Crippen molar-refractivity contribution >= 4 is 23.5 Å². The molecule has 1 aromatic rings. The molecule has 2 aliphatic rings. The van der Waals surface area contributed by atoms with Crippen LogP contribution >= 0.6 is 0 Å². The smallest absolute Gasteiger partial charge is 0.414 e. The summed E-state index contributed by atoms with van der Waals surface area (Å²) in [5.41, 5.74) is 3.57. The standard InChI is InChI=1S/C20H31N3O.C2H2O4/c1-15-6-7-18-17(12-15)16(2)13-20(3,4)23(18)19(24)14-22-10-8-21(5)9-11-22;3-1(4)2(5)6/h6-7,12,16H,8-11,13-14H2,1-5H3;(H,3,4)(H,5,6). The summed E-state index contributed by atoms with van der Waals surface area (Å²) in [7, 11) is 2.15. The van der Waals surface area contributed by atoms with Crippen LogP contribution in [0.1, 0.15) is 44.2 Å². The molecule has 1 saturated heterocycles. The van der Waals surface area contributed by atoms with Gasteiger partial charge < -0.3 is 20.0 Å². The Kier molecular flexibility index (Phi) is 7.60. The average Bonchev–Trinajstić information content (AvgIpc) is 2.64. The van der Waals surface area contributed by atoms with Gasteiger partial charge in [-0.15, -0.1) is 0 Å². The number of aryl methyl sites for hydroxylation is 1. The number of likely N-dealkylation sites (N-methyl/N-ethyl adjacent to an activating group) is 1. The van der Waals surface area contributed by atoms with E-state index in [2.05, 4.69) is 67.6 Å². The molecule has 1 unspecified atom stereocenters. The summed E-state index contributed by atoms with van der Waals surface area (Å²) in [5.74, 6) is -2.92. The molecule has 0 aliphatic carbocycles. The first-order chi connectivity index (χ1) is 13.9. The largest absolute Gasteiger partial charge is 0.473 e. The minimum absolute atomic E-state index is 0.134. The maximum Gasteiger partial charge on any atom is 0.414 e. The fourth-order valence-electron chi connectivity index (χ4n) is 4.29. The lowest BCUT2D eigenvalue weighted by molar-refractivity contribution is -0.159. The number of carbonyl (C=O) groups is 3. The molecule has 30 heavy (non-hydrogen) atoms. The van der Waals surface area contributed by atoms with E-state index in [1.54, 1.807) is 0 Å². The minimum atomic E-state index is -1.82. The minimum Gasteiger partial charge on any atom is -0.473 e. The van der Waals surface area contributed by atoms with Crippen molar-refractivity contribution in [2.75, 3.05) is 44.7 Å². The van der Waals surface area contributed by atoms with Gasteiger partial charge in [0.05, 0.1) is 6.54 Å². The highest BCUT2D eigenvalue weighted by Gasteiger charge is 2.40. The number of rotatable bonds is 2. The van der Waals surface area contributed by atoms with E-state index in [0.29, 0.717) is 12.5 Å². The molecule has 2 N–H and O–H groups in total. The summed E-state index contributed by atoms with van der Waals surface area (Å²) in [5, 5.41) is 14.8. The summed E-state index contributed by atoms with van der Waals surface area (Å²) in [4.78, 5) is 38.1. The Hall–Kier alpha value is -2.45. The number of hydrogen-bond donors (Lipinski definition) is 2. The van der Waals surface area contributed by atoms with Crippen molar-refractivity contribution in [1.29, 1.82) is 0 Å². The van der Waals surface area contributed by atoms with Crippen molar-refractivity contribution in [3.8, 4) is 0 Å². The number of benzene rings is 1. The second-order valence-electron chi connectivity index (χ2n) is 8.90. The number of anilines is 1. The summed E-state index contributed by atoms with van der Waals surface area (Å²) in [6.07, 6.45) is 1.01. The number of aliphatic carboxylic acids is 2. The van der Waals surface area contributed by atoms with Crippen LogP contribution in [0.3, 0.4) is 0 Å². The van der Waals surface area contributed by atoms with Gasteiger partial charge in [-0.3, -0.25) is 9.69 Å². The maximum absolute atomic E-state index is 13.2. The zero-order chi connectivity index (χ0) is 22.6. The number of carboxylic acids is 2. The van der Waals surface area contributed by atoms with Crippen molar-refractivity contribution in [2.24, 2.45) is 0 Å². The van der Waals surface area contributed by atoms with Gasteiger partial charge in [-0.1, -0.05) is 24.6 Å². The lowest BCUT2D eigenvalue weighted by Crippen LogP contribution is -2.56. The van der Waals surface area contributed by atoms with Crippen molar-refractivity contribution in [3.63, 3.8) is 0 Å². The summed E-state index contributed by atoms with van der Waals surface area (Å²) in [6, 6.07) is 6.53. The van der Waals surface area contributed by atoms with Crippen molar-refractivity contribution in [3.05, 3.63) is 29.3 Å². The van der Waals surface area contributed by atoms with E-state index >= 15 is 0 Å². The molecule has 1 aromatic carbocycles. The molecule has 2 aliphatic heterocycles. The van der Waals surface area contributed by atoms with Gasteiger partial charge in [0, 0.05) is 37.4 Å². The molecule has 2 heterocycles. The quantitative estimate of drug-likeness (QED) is 0.707. The molecule has 0 aromatic heterocycles. The fraction of sp³-hybridized carbons (Fsp3) is 0.591. The van der Waals surface area contributed by atoms with E-state index in [1.165, 1.54) is 11.1 Å². The molecule has 1 amide bonds. The molecule has 1 atom stereocenters. The Morgan fingerprint density at radius 3 is 2.17 bits per heavy atom. The van der Waals surface area contributed by atoms with Crippen LogP contribution in [0.15, 0.2) is 18.2 Å². The lowest BCUT2D eigenvalue weighted by Gasteiger charge is -2.47. The molecular formula is C22H33N3O5.